The van der Waals surface area contributed by atoms with Crippen molar-refractivity contribution in [1.29, 1.82) is 0 Å². The number of furan rings is 1. The quantitative estimate of drug-likeness (QED) is 0.899. The Morgan fingerprint density at radius 2 is 2.06 bits per heavy atom. The van der Waals surface area contributed by atoms with E-state index in [1.54, 1.807) is 6.07 Å². The summed E-state index contributed by atoms with van der Waals surface area (Å²) in [4.78, 5) is 0. The Hall–Kier alpha value is -1.62. The molecule has 0 bridgehead atoms. The highest BCUT2D eigenvalue weighted by Gasteiger charge is 2.29. The Kier molecular flexibility index (Phi) is 2.79. The van der Waals surface area contributed by atoms with Gasteiger partial charge in [0.1, 0.15) is 23.7 Å². The van der Waals surface area contributed by atoms with E-state index >= 15 is 0 Å². The number of rotatable bonds is 3. The maximum absolute atomic E-state index is 13.4. The molecule has 0 aliphatic heterocycles. The SMILES string of the molecule is COc1cc(C(C)(F)F)c2oc(CO)cc2c1. The lowest BCUT2D eigenvalue weighted by molar-refractivity contribution is 0.0178. The average molecular weight is 242 g/mol. The van der Waals surface area contributed by atoms with Crippen molar-refractivity contribution in [3.63, 3.8) is 0 Å². The number of halogens is 2. The van der Waals surface area contributed by atoms with Crippen molar-refractivity contribution in [2.45, 2.75) is 19.5 Å². The molecule has 2 rings (SSSR count). The van der Waals surface area contributed by atoms with Crippen LogP contribution in [0, 0.1) is 0 Å². The molecule has 5 heteroatoms. The van der Waals surface area contributed by atoms with Gasteiger partial charge in [0.2, 0.25) is 0 Å². The zero-order valence-electron chi connectivity index (χ0n) is 9.46. The molecule has 1 aromatic carbocycles. The number of ether oxygens (including phenoxy) is 1. The van der Waals surface area contributed by atoms with Crippen LogP contribution in [0.1, 0.15) is 18.2 Å². The number of aliphatic hydroxyl groups is 1. The molecule has 0 radical (unpaired) electrons. The van der Waals surface area contributed by atoms with Crippen LogP contribution in [0.3, 0.4) is 0 Å². The van der Waals surface area contributed by atoms with Crippen LogP contribution in [0.2, 0.25) is 0 Å². The third-order valence-corrected chi connectivity index (χ3v) is 2.51. The molecular weight excluding hydrogens is 230 g/mol. The van der Waals surface area contributed by atoms with Crippen LogP contribution in [-0.4, -0.2) is 12.2 Å². The molecule has 1 heterocycles. The van der Waals surface area contributed by atoms with Gasteiger partial charge in [-0.2, -0.15) is 0 Å². The molecule has 17 heavy (non-hydrogen) atoms. The molecule has 3 nitrogen and oxygen atoms in total. The third-order valence-electron chi connectivity index (χ3n) is 2.51. The van der Waals surface area contributed by atoms with Gasteiger partial charge in [-0.3, -0.25) is 0 Å². The third kappa shape index (κ3) is 2.10. The molecule has 0 aliphatic carbocycles. The monoisotopic (exact) mass is 242 g/mol. The summed E-state index contributed by atoms with van der Waals surface area (Å²) in [5.41, 5.74) is -0.158. The fourth-order valence-corrected chi connectivity index (χ4v) is 1.70. The van der Waals surface area contributed by atoms with Crippen LogP contribution in [0.4, 0.5) is 8.78 Å². The number of fused-ring (bicyclic) bond motifs is 1. The first-order valence-electron chi connectivity index (χ1n) is 5.05. The molecule has 0 spiro atoms. The predicted octanol–water partition coefficient (Wildman–Crippen LogP) is 3.05. The summed E-state index contributed by atoms with van der Waals surface area (Å²) >= 11 is 0. The molecular formula is C12H12F2O3. The number of alkyl halides is 2. The minimum Gasteiger partial charge on any atom is -0.497 e. The Morgan fingerprint density at radius 3 is 2.59 bits per heavy atom. The van der Waals surface area contributed by atoms with E-state index in [2.05, 4.69) is 0 Å². The summed E-state index contributed by atoms with van der Waals surface area (Å²) in [6.07, 6.45) is 0. The zero-order valence-corrected chi connectivity index (χ0v) is 9.46. The van der Waals surface area contributed by atoms with Crippen LogP contribution < -0.4 is 4.74 Å². The maximum atomic E-state index is 13.4. The van der Waals surface area contributed by atoms with E-state index in [0.717, 1.165) is 6.92 Å². The summed E-state index contributed by atoms with van der Waals surface area (Å²) < 4.78 is 37.0. The molecule has 1 N–H and O–H groups in total. The number of hydrogen-bond donors (Lipinski definition) is 1. The zero-order chi connectivity index (χ0) is 12.6. The fraction of sp³-hybridized carbons (Fsp3) is 0.333. The van der Waals surface area contributed by atoms with Crippen molar-refractivity contribution in [2.75, 3.05) is 7.11 Å². The average Bonchev–Trinajstić information content (AvgIpc) is 2.68. The Bertz CT molecular complexity index is 540. The molecule has 0 amide bonds. The minimum atomic E-state index is -3.03. The fourth-order valence-electron chi connectivity index (χ4n) is 1.70. The van der Waals surface area contributed by atoms with Gasteiger partial charge in [0.05, 0.1) is 12.7 Å². The van der Waals surface area contributed by atoms with Gasteiger partial charge >= 0.3 is 0 Å². The van der Waals surface area contributed by atoms with Gasteiger partial charge in [-0.1, -0.05) is 0 Å². The molecule has 0 saturated heterocycles. The predicted molar refractivity (Wildman–Crippen MR) is 58.3 cm³/mol. The van der Waals surface area contributed by atoms with Crippen molar-refractivity contribution < 1.29 is 23.0 Å². The van der Waals surface area contributed by atoms with Gasteiger partial charge in [-0.25, -0.2) is 8.78 Å². The van der Waals surface area contributed by atoms with E-state index < -0.39 is 5.92 Å². The highest BCUT2D eigenvalue weighted by atomic mass is 19.3. The molecule has 0 atom stereocenters. The van der Waals surface area contributed by atoms with Gasteiger partial charge < -0.3 is 14.3 Å². The molecule has 0 aliphatic rings. The molecule has 0 unspecified atom stereocenters. The van der Waals surface area contributed by atoms with Crippen LogP contribution in [0.25, 0.3) is 11.0 Å². The van der Waals surface area contributed by atoms with E-state index in [1.807, 2.05) is 0 Å². The summed E-state index contributed by atoms with van der Waals surface area (Å²) in [6.45, 7) is 0.466. The topological polar surface area (TPSA) is 42.6 Å². The normalized spacial score (nSPS) is 12.1. The van der Waals surface area contributed by atoms with Gasteiger partial charge in [0.25, 0.3) is 5.92 Å². The minimum absolute atomic E-state index is 0.0855. The summed E-state index contributed by atoms with van der Waals surface area (Å²) in [5, 5.41) is 9.44. The van der Waals surface area contributed by atoms with Gasteiger partial charge in [0.15, 0.2) is 0 Å². The van der Waals surface area contributed by atoms with Gasteiger partial charge in [-0.05, 0) is 18.2 Å². The van der Waals surface area contributed by atoms with Crippen molar-refractivity contribution in [3.05, 3.63) is 29.5 Å². The first-order chi connectivity index (χ1) is 7.95. The Balaban J connectivity index is 2.74. The first kappa shape index (κ1) is 11.9. The van der Waals surface area contributed by atoms with E-state index in [9.17, 15) is 8.78 Å². The van der Waals surface area contributed by atoms with E-state index in [1.165, 1.54) is 19.2 Å². The summed E-state index contributed by atoms with van der Waals surface area (Å²) in [5.74, 6) is -2.45. The smallest absolute Gasteiger partial charge is 0.274 e. The Morgan fingerprint density at radius 1 is 1.35 bits per heavy atom. The molecule has 0 fully saturated rings. The van der Waals surface area contributed by atoms with Crippen LogP contribution in [-0.2, 0) is 12.5 Å². The lowest BCUT2D eigenvalue weighted by Gasteiger charge is -2.12. The van der Waals surface area contributed by atoms with Crippen molar-refractivity contribution in [2.24, 2.45) is 0 Å². The summed E-state index contributed by atoms with van der Waals surface area (Å²) in [6, 6.07) is 4.35. The van der Waals surface area contributed by atoms with E-state index in [-0.39, 0.29) is 23.5 Å². The number of methoxy groups -OCH3 is 1. The molecule has 1 aromatic heterocycles. The highest BCUT2D eigenvalue weighted by Crippen LogP contribution is 2.37. The molecule has 0 saturated carbocycles. The van der Waals surface area contributed by atoms with Crippen LogP contribution >= 0.6 is 0 Å². The number of hydrogen-bond acceptors (Lipinski definition) is 3. The van der Waals surface area contributed by atoms with Crippen molar-refractivity contribution in [1.82, 2.24) is 0 Å². The van der Waals surface area contributed by atoms with Gasteiger partial charge in [0, 0.05) is 12.3 Å². The van der Waals surface area contributed by atoms with Crippen LogP contribution in [0.5, 0.6) is 5.75 Å². The van der Waals surface area contributed by atoms with E-state index in [4.69, 9.17) is 14.3 Å². The molecule has 2 aromatic rings. The van der Waals surface area contributed by atoms with Crippen LogP contribution in [0.15, 0.2) is 22.6 Å². The largest absolute Gasteiger partial charge is 0.497 e. The Labute approximate surface area is 96.6 Å². The van der Waals surface area contributed by atoms with Gasteiger partial charge in [-0.15, -0.1) is 0 Å². The summed E-state index contributed by atoms with van der Waals surface area (Å²) in [7, 11) is 1.41. The number of benzene rings is 1. The number of aliphatic hydroxyl groups excluding tert-OH is 1. The lowest BCUT2D eigenvalue weighted by Crippen LogP contribution is -2.07. The molecule has 92 valence electrons. The van der Waals surface area contributed by atoms with Crippen molar-refractivity contribution >= 4 is 11.0 Å². The second-order valence-electron chi connectivity index (χ2n) is 3.85. The van der Waals surface area contributed by atoms with E-state index in [0.29, 0.717) is 11.1 Å². The standard InChI is InChI=1S/C12H12F2O3/c1-12(13,14)10-5-8(16-2)3-7-4-9(6-15)17-11(7)10/h3-5,15H,6H2,1-2H3. The lowest BCUT2D eigenvalue weighted by atomic mass is 10.1. The van der Waals surface area contributed by atoms with Crippen molar-refractivity contribution in [3.8, 4) is 5.75 Å². The highest BCUT2D eigenvalue weighted by molar-refractivity contribution is 5.83. The second-order valence-corrected chi connectivity index (χ2v) is 3.85. The maximum Gasteiger partial charge on any atom is 0.274 e. The first-order valence-corrected chi connectivity index (χ1v) is 5.05. The second kappa shape index (κ2) is 4.00.